The van der Waals surface area contributed by atoms with E-state index >= 15 is 0 Å². The average molecular weight is 323 g/mol. The maximum Gasteiger partial charge on any atom is 0.237 e. The molecule has 3 heterocycles. The molecule has 24 heavy (non-hydrogen) atoms. The number of rotatable bonds is 4. The number of likely N-dealkylation sites (N-methyl/N-ethyl adjacent to an activating group) is 1. The topological polar surface area (TPSA) is 77.7 Å². The van der Waals surface area contributed by atoms with Gasteiger partial charge in [-0.1, -0.05) is 13.8 Å². The molecule has 0 bridgehead atoms. The van der Waals surface area contributed by atoms with Crippen LogP contribution in [0.4, 0.5) is 5.69 Å². The number of nitrogens with one attached hydrogen (secondary N) is 2. The normalized spacial score (nSPS) is 16.1. The first-order valence-corrected chi connectivity index (χ1v) is 8.50. The van der Waals surface area contributed by atoms with Crippen molar-refractivity contribution in [2.24, 2.45) is 0 Å². The number of H-pyrrole nitrogens is 2. The molecule has 1 aromatic carbocycles. The van der Waals surface area contributed by atoms with Crippen molar-refractivity contribution in [3.63, 3.8) is 0 Å². The summed E-state index contributed by atoms with van der Waals surface area (Å²) in [6.45, 7) is 6.89. The molecule has 0 spiro atoms. The van der Waals surface area contributed by atoms with Crippen molar-refractivity contribution in [2.45, 2.75) is 39.0 Å². The van der Waals surface area contributed by atoms with Gasteiger partial charge in [0.05, 0.1) is 22.1 Å². The fourth-order valence-electron chi connectivity index (χ4n) is 3.90. The van der Waals surface area contributed by atoms with E-state index in [0.717, 1.165) is 46.6 Å². The highest BCUT2D eigenvalue weighted by Gasteiger charge is 2.48. The second kappa shape index (κ2) is 5.19. The van der Waals surface area contributed by atoms with Gasteiger partial charge in [0.15, 0.2) is 5.82 Å². The Morgan fingerprint density at radius 2 is 2.00 bits per heavy atom. The molecular weight excluding hydrogens is 302 g/mol. The number of amides is 1. The van der Waals surface area contributed by atoms with E-state index in [1.54, 1.807) is 6.20 Å². The van der Waals surface area contributed by atoms with Gasteiger partial charge in [0.25, 0.3) is 0 Å². The van der Waals surface area contributed by atoms with Crippen molar-refractivity contribution in [1.82, 2.24) is 20.2 Å². The molecule has 0 saturated heterocycles. The number of hydrogen-bond donors (Lipinski definition) is 2. The van der Waals surface area contributed by atoms with Crippen LogP contribution in [0.1, 0.15) is 39.2 Å². The first-order chi connectivity index (χ1) is 11.6. The summed E-state index contributed by atoms with van der Waals surface area (Å²) in [5.41, 5.74) is 4.38. The number of fused-ring (bicyclic) bond motifs is 2. The van der Waals surface area contributed by atoms with Crippen LogP contribution in [0.5, 0.6) is 0 Å². The van der Waals surface area contributed by atoms with Crippen molar-refractivity contribution in [3.05, 3.63) is 30.0 Å². The smallest absolute Gasteiger partial charge is 0.237 e. The molecule has 2 aromatic heterocycles. The molecule has 1 aliphatic rings. The van der Waals surface area contributed by atoms with E-state index in [1.807, 2.05) is 24.0 Å². The van der Waals surface area contributed by atoms with Crippen LogP contribution in [-0.4, -0.2) is 32.6 Å². The van der Waals surface area contributed by atoms with E-state index in [4.69, 9.17) is 0 Å². The Bertz CT molecular complexity index is 905. The van der Waals surface area contributed by atoms with Gasteiger partial charge in [-0.3, -0.25) is 9.89 Å². The minimum absolute atomic E-state index is 0.214. The zero-order valence-corrected chi connectivity index (χ0v) is 14.2. The van der Waals surface area contributed by atoms with Crippen LogP contribution in [0.2, 0.25) is 0 Å². The molecule has 1 amide bonds. The lowest BCUT2D eigenvalue weighted by Gasteiger charge is -2.25. The van der Waals surface area contributed by atoms with Gasteiger partial charge in [0, 0.05) is 12.7 Å². The lowest BCUT2D eigenvalue weighted by Crippen LogP contribution is -2.39. The first kappa shape index (κ1) is 14.9. The maximum absolute atomic E-state index is 13.0. The molecule has 3 aromatic rings. The lowest BCUT2D eigenvalue weighted by molar-refractivity contribution is -0.123. The molecule has 0 fully saturated rings. The molecule has 4 rings (SSSR count). The summed E-state index contributed by atoms with van der Waals surface area (Å²) in [5, 5.41) is 6.91. The fraction of sp³-hybridized carbons (Fsp3) is 0.389. The largest absolute Gasteiger partial charge is 0.337 e. The standard InChI is InChI=1S/C18H21N5O/c1-4-18(5-2)11-9-13-14(10-15(11)23(6-3)17(18)24)21-16(20-13)12-7-8-19-22-12/h7-10H,4-6H2,1-3H3,(H,19,22)(H,20,21). The van der Waals surface area contributed by atoms with Crippen molar-refractivity contribution in [2.75, 3.05) is 11.4 Å². The van der Waals surface area contributed by atoms with E-state index in [0.29, 0.717) is 6.54 Å². The maximum atomic E-state index is 13.0. The molecule has 2 N–H and O–H groups in total. The number of carbonyl (C=O) groups excluding carboxylic acids is 1. The highest BCUT2D eigenvalue weighted by atomic mass is 16.2. The Kier molecular flexibility index (Phi) is 3.23. The van der Waals surface area contributed by atoms with Gasteiger partial charge >= 0.3 is 0 Å². The Morgan fingerprint density at radius 3 is 2.62 bits per heavy atom. The first-order valence-electron chi connectivity index (χ1n) is 8.50. The van der Waals surface area contributed by atoms with Gasteiger partial charge in [0.2, 0.25) is 5.91 Å². The van der Waals surface area contributed by atoms with Crippen molar-refractivity contribution >= 4 is 22.6 Å². The number of imidazole rings is 1. The fourth-order valence-corrected chi connectivity index (χ4v) is 3.90. The number of hydrogen-bond acceptors (Lipinski definition) is 3. The van der Waals surface area contributed by atoms with E-state index < -0.39 is 5.41 Å². The molecular formula is C18H21N5O. The van der Waals surface area contributed by atoms with E-state index in [-0.39, 0.29) is 5.91 Å². The minimum atomic E-state index is -0.418. The molecule has 0 unspecified atom stereocenters. The third kappa shape index (κ3) is 1.79. The Morgan fingerprint density at radius 1 is 1.21 bits per heavy atom. The Balaban J connectivity index is 1.94. The number of benzene rings is 1. The number of nitrogens with zero attached hydrogens (tertiary/aromatic N) is 3. The summed E-state index contributed by atoms with van der Waals surface area (Å²) in [6, 6.07) is 6.03. The van der Waals surface area contributed by atoms with Crippen molar-refractivity contribution in [1.29, 1.82) is 0 Å². The van der Waals surface area contributed by atoms with Crippen LogP contribution in [0.15, 0.2) is 24.4 Å². The highest BCUT2D eigenvalue weighted by molar-refractivity contribution is 6.10. The van der Waals surface area contributed by atoms with Crippen molar-refractivity contribution < 1.29 is 4.79 Å². The average Bonchev–Trinajstić information content (AvgIpc) is 3.29. The van der Waals surface area contributed by atoms with Crippen LogP contribution in [0.3, 0.4) is 0 Å². The van der Waals surface area contributed by atoms with Gasteiger partial charge in [-0.05, 0) is 43.5 Å². The third-order valence-electron chi connectivity index (χ3n) is 5.34. The van der Waals surface area contributed by atoms with Crippen LogP contribution < -0.4 is 4.90 Å². The molecule has 0 atom stereocenters. The van der Waals surface area contributed by atoms with E-state index in [2.05, 4.69) is 40.1 Å². The molecule has 0 aliphatic carbocycles. The summed E-state index contributed by atoms with van der Waals surface area (Å²) in [6.07, 6.45) is 3.32. The van der Waals surface area contributed by atoms with Crippen LogP contribution in [0, 0.1) is 0 Å². The summed E-state index contributed by atoms with van der Waals surface area (Å²) in [5.74, 6) is 0.977. The second-order valence-corrected chi connectivity index (χ2v) is 6.28. The summed E-state index contributed by atoms with van der Waals surface area (Å²) in [4.78, 5) is 22.9. The predicted octanol–water partition coefficient (Wildman–Crippen LogP) is 3.38. The van der Waals surface area contributed by atoms with E-state index in [9.17, 15) is 4.79 Å². The Hall–Kier alpha value is -2.63. The van der Waals surface area contributed by atoms with Gasteiger partial charge in [-0.25, -0.2) is 4.98 Å². The molecule has 124 valence electrons. The van der Waals surface area contributed by atoms with Gasteiger partial charge in [-0.2, -0.15) is 5.10 Å². The predicted molar refractivity (Wildman–Crippen MR) is 94.0 cm³/mol. The second-order valence-electron chi connectivity index (χ2n) is 6.28. The number of aromatic nitrogens is 4. The number of carbonyl (C=O) groups is 1. The van der Waals surface area contributed by atoms with Crippen LogP contribution >= 0.6 is 0 Å². The third-order valence-corrected chi connectivity index (χ3v) is 5.34. The zero-order valence-electron chi connectivity index (χ0n) is 14.2. The van der Waals surface area contributed by atoms with Crippen LogP contribution in [0.25, 0.3) is 22.6 Å². The quantitative estimate of drug-likeness (QED) is 0.772. The highest BCUT2D eigenvalue weighted by Crippen LogP contribution is 2.47. The number of aromatic amines is 2. The minimum Gasteiger partial charge on any atom is -0.337 e. The molecule has 6 heteroatoms. The van der Waals surface area contributed by atoms with Gasteiger partial charge in [-0.15, -0.1) is 0 Å². The number of anilines is 1. The summed E-state index contributed by atoms with van der Waals surface area (Å²) < 4.78 is 0. The molecule has 6 nitrogen and oxygen atoms in total. The van der Waals surface area contributed by atoms with E-state index in [1.165, 1.54) is 0 Å². The molecule has 1 aliphatic heterocycles. The monoisotopic (exact) mass is 323 g/mol. The van der Waals surface area contributed by atoms with Gasteiger partial charge < -0.3 is 9.88 Å². The van der Waals surface area contributed by atoms with Crippen LogP contribution in [-0.2, 0) is 10.2 Å². The Labute approximate surface area is 140 Å². The van der Waals surface area contributed by atoms with Gasteiger partial charge in [0.1, 0.15) is 5.69 Å². The zero-order chi connectivity index (χ0) is 16.9. The van der Waals surface area contributed by atoms with Crippen molar-refractivity contribution in [3.8, 4) is 11.5 Å². The SMILES string of the molecule is CCN1C(=O)C(CC)(CC)c2cc3[nH]c(-c4ccn[nH]4)nc3cc21. The molecule has 0 radical (unpaired) electrons. The lowest BCUT2D eigenvalue weighted by atomic mass is 9.77. The summed E-state index contributed by atoms with van der Waals surface area (Å²) >= 11 is 0. The summed E-state index contributed by atoms with van der Waals surface area (Å²) in [7, 11) is 0. The molecule has 0 saturated carbocycles.